The monoisotopic (exact) mass is 1110 g/mol. The van der Waals surface area contributed by atoms with E-state index in [-0.39, 0.29) is 5.41 Å². The number of hydrogen-bond donors (Lipinski definition) is 0. The molecule has 5 nitrogen and oxygen atoms in total. The van der Waals surface area contributed by atoms with Crippen LogP contribution in [0.1, 0.15) is 51.2 Å². The van der Waals surface area contributed by atoms with Crippen LogP contribution in [0.3, 0.4) is 0 Å². The minimum Gasteiger partial charge on any atom is -0.458 e. The van der Waals surface area contributed by atoms with E-state index in [2.05, 4.69) is 314 Å². The molecule has 0 saturated heterocycles. The van der Waals surface area contributed by atoms with Crippen molar-refractivity contribution in [3.8, 4) is 89.8 Å². The molecule has 416 valence electrons. The Hall–Kier alpha value is -10.4. The van der Waals surface area contributed by atoms with Gasteiger partial charge in [-0.25, -0.2) is 4.98 Å². The second kappa shape index (κ2) is 23.4. The van der Waals surface area contributed by atoms with Crippen LogP contribution in [0.15, 0.2) is 285 Å². The van der Waals surface area contributed by atoms with E-state index in [4.69, 9.17) is 9.72 Å². The number of ether oxygens (including phenoxy) is 1. The van der Waals surface area contributed by atoms with Crippen molar-refractivity contribution in [3.05, 3.63) is 303 Å². The predicted molar refractivity (Wildman–Crippen MR) is 356 cm³/mol. The number of fused-ring (bicyclic) bond motifs is 4. The molecular formula is C81H66N4O. The van der Waals surface area contributed by atoms with E-state index in [9.17, 15) is 0 Å². The Kier molecular flexibility index (Phi) is 14.6. The highest BCUT2D eigenvalue weighted by Crippen LogP contribution is 2.42. The van der Waals surface area contributed by atoms with Crippen molar-refractivity contribution < 1.29 is 9.30 Å². The molecule has 14 aromatic rings. The lowest BCUT2D eigenvalue weighted by atomic mass is 9.85. The maximum absolute atomic E-state index is 6.77. The molecule has 0 atom stereocenters. The van der Waals surface area contributed by atoms with Crippen molar-refractivity contribution in [3.63, 3.8) is 0 Å². The van der Waals surface area contributed by atoms with Crippen LogP contribution < -0.4 is 9.30 Å². The number of aromatic nitrogens is 4. The van der Waals surface area contributed by atoms with Gasteiger partial charge in [0.25, 0.3) is 0 Å². The van der Waals surface area contributed by atoms with E-state index < -0.39 is 0 Å². The van der Waals surface area contributed by atoms with Gasteiger partial charge in [-0.1, -0.05) is 215 Å². The lowest BCUT2D eigenvalue weighted by molar-refractivity contribution is -0.676. The van der Waals surface area contributed by atoms with Crippen LogP contribution in [0.5, 0.6) is 11.5 Å². The topological polar surface area (TPSA) is 35.9 Å². The Bertz CT molecular complexity index is 4470. The van der Waals surface area contributed by atoms with Crippen molar-refractivity contribution in [2.45, 2.75) is 58.4 Å². The molecule has 0 saturated carbocycles. The zero-order valence-corrected chi connectivity index (χ0v) is 48.9. The number of pyridine rings is 1. The van der Waals surface area contributed by atoms with E-state index in [1.54, 1.807) is 0 Å². The number of para-hydroxylation sites is 3. The van der Waals surface area contributed by atoms with Crippen molar-refractivity contribution in [1.29, 1.82) is 0 Å². The molecule has 0 N–H and O–H groups in total. The van der Waals surface area contributed by atoms with Gasteiger partial charge in [0.2, 0.25) is 6.33 Å². The van der Waals surface area contributed by atoms with Gasteiger partial charge in [0.15, 0.2) is 0 Å². The zero-order chi connectivity index (χ0) is 58.0. The number of rotatable bonds is 16. The summed E-state index contributed by atoms with van der Waals surface area (Å²) in [4.78, 5) is 4.90. The number of benzene rings is 11. The summed E-state index contributed by atoms with van der Waals surface area (Å²) in [5.41, 5.74) is 22.6. The third kappa shape index (κ3) is 10.9. The minimum atomic E-state index is -0.0183. The van der Waals surface area contributed by atoms with E-state index >= 15 is 0 Å². The average molecular weight is 1110 g/mol. The number of nitrogens with zero attached hydrogens (tertiary/aromatic N) is 4. The first kappa shape index (κ1) is 53.6. The summed E-state index contributed by atoms with van der Waals surface area (Å²) in [5.74, 6) is 2.40. The molecule has 0 radical (unpaired) electrons. The lowest BCUT2D eigenvalue weighted by Gasteiger charge is -2.20. The second-order valence-corrected chi connectivity index (χ2v) is 23.6. The molecule has 0 bridgehead atoms. The Morgan fingerprint density at radius 3 is 1.51 bits per heavy atom. The average Bonchev–Trinajstić information content (AvgIpc) is 2.12. The summed E-state index contributed by atoms with van der Waals surface area (Å²) >= 11 is 0. The van der Waals surface area contributed by atoms with Gasteiger partial charge >= 0.3 is 0 Å². The highest BCUT2D eigenvalue weighted by molar-refractivity contribution is 6.09. The maximum Gasteiger partial charge on any atom is 0.244 e. The number of hydrogen-bond acceptors (Lipinski definition) is 2. The van der Waals surface area contributed by atoms with Crippen LogP contribution in [0.2, 0.25) is 0 Å². The van der Waals surface area contributed by atoms with Gasteiger partial charge in [0, 0.05) is 23.0 Å². The number of imidazole rings is 1. The molecule has 0 aliphatic rings. The summed E-state index contributed by atoms with van der Waals surface area (Å²) in [6.07, 6.45) is 9.68. The van der Waals surface area contributed by atoms with E-state index in [1.807, 2.05) is 12.3 Å². The SMILES string of the molecule is CC(C)(C)c1ccnc(-n2c3ccccc3c3ccc(Oc4cccc(-n5[c-][n+](CCCCCc6c(-c7cc(-c8ccccc8)cc(-c8ccccc8)c7)cccc6-c6cc(-c7ccccc7)cc(-c7ccccc7)c6)c6ccccc65)c4)cc32)c1. The maximum atomic E-state index is 6.77. The molecule has 3 aromatic heterocycles. The van der Waals surface area contributed by atoms with Gasteiger partial charge in [-0.05, 0) is 188 Å². The van der Waals surface area contributed by atoms with Gasteiger partial charge in [-0.2, -0.15) is 0 Å². The number of aryl methyl sites for hydroxylation is 1. The molecule has 11 aromatic carbocycles. The molecule has 14 rings (SSSR count). The van der Waals surface area contributed by atoms with E-state index in [0.29, 0.717) is 0 Å². The molecule has 86 heavy (non-hydrogen) atoms. The zero-order valence-electron chi connectivity index (χ0n) is 48.9. The summed E-state index contributed by atoms with van der Waals surface area (Å²) in [5, 5.41) is 2.33. The minimum absolute atomic E-state index is 0.0183. The fourth-order valence-corrected chi connectivity index (χ4v) is 12.5. The third-order valence-electron chi connectivity index (χ3n) is 16.8. The van der Waals surface area contributed by atoms with Gasteiger partial charge in [0.1, 0.15) is 17.3 Å². The van der Waals surface area contributed by atoms with Crippen LogP contribution in [0.4, 0.5) is 0 Å². The smallest absolute Gasteiger partial charge is 0.244 e. The Balaban J connectivity index is 0.769. The van der Waals surface area contributed by atoms with Crippen LogP contribution in [0, 0.1) is 6.33 Å². The van der Waals surface area contributed by atoms with Crippen molar-refractivity contribution >= 4 is 32.8 Å². The van der Waals surface area contributed by atoms with Crippen molar-refractivity contribution in [1.82, 2.24) is 14.1 Å². The normalized spacial score (nSPS) is 11.7. The van der Waals surface area contributed by atoms with Gasteiger partial charge in [-0.3, -0.25) is 4.57 Å². The molecule has 0 fully saturated rings. The lowest BCUT2D eigenvalue weighted by Crippen LogP contribution is -2.32. The highest BCUT2D eigenvalue weighted by Gasteiger charge is 2.21. The molecule has 0 aliphatic carbocycles. The largest absolute Gasteiger partial charge is 0.458 e. The van der Waals surface area contributed by atoms with Crippen LogP contribution in [-0.2, 0) is 18.4 Å². The molecule has 0 amide bonds. The van der Waals surface area contributed by atoms with Gasteiger partial charge in [0.05, 0.1) is 34.3 Å². The molecule has 0 spiro atoms. The molecule has 3 heterocycles. The molecule has 0 aliphatic heterocycles. The quantitative estimate of drug-likeness (QED) is 0.0549. The summed E-state index contributed by atoms with van der Waals surface area (Å²) < 4.78 is 13.5. The Morgan fingerprint density at radius 1 is 0.407 bits per heavy atom. The first-order valence-corrected chi connectivity index (χ1v) is 30.1. The van der Waals surface area contributed by atoms with Crippen LogP contribution in [-0.4, -0.2) is 14.1 Å². The van der Waals surface area contributed by atoms with E-state index in [0.717, 1.165) is 82.7 Å². The Morgan fingerprint density at radius 2 is 0.919 bits per heavy atom. The van der Waals surface area contributed by atoms with Crippen molar-refractivity contribution in [2.24, 2.45) is 0 Å². The summed E-state index contributed by atoms with van der Waals surface area (Å²) in [6.45, 7) is 7.56. The van der Waals surface area contributed by atoms with E-state index in [1.165, 1.54) is 83.3 Å². The summed E-state index contributed by atoms with van der Waals surface area (Å²) in [6, 6.07) is 101. The fourth-order valence-electron chi connectivity index (χ4n) is 12.5. The molecule has 5 heteroatoms. The Labute approximate surface area is 504 Å². The van der Waals surface area contributed by atoms with Crippen LogP contribution in [0.25, 0.3) is 111 Å². The first-order valence-electron chi connectivity index (χ1n) is 30.1. The van der Waals surface area contributed by atoms with Crippen molar-refractivity contribution in [2.75, 3.05) is 0 Å². The third-order valence-corrected chi connectivity index (χ3v) is 16.8. The summed E-state index contributed by atoms with van der Waals surface area (Å²) in [7, 11) is 0. The highest BCUT2D eigenvalue weighted by atomic mass is 16.5. The standard InChI is InChI=1S/C81H66N4O/c1-81(2,3)67-44-45-82-80(53-67)85-76-39-19-18-36-74(76)75-43-42-70(55-79(75)85)86-69-34-23-33-68(54-69)84-56-83(77-40-20-21-41-78(77)84)46-22-8-17-35-73-71(65-49-61(57-25-9-4-10-26-57)47-62(50-65)58-27-11-5-12-28-58)37-24-38-72(73)66-51-63(59-29-13-6-14-30-59)48-64(52-66)60-31-15-7-16-32-60/h4-7,9-16,18-21,23-34,36-45,47-55H,8,17,22,35,46H2,1-3H3. The molecular weight excluding hydrogens is 1040 g/mol. The van der Waals surface area contributed by atoms with Gasteiger partial charge in [-0.15, -0.1) is 0 Å². The fraction of sp³-hybridized carbons (Fsp3) is 0.111. The number of unbranched alkanes of at least 4 members (excludes halogenated alkanes) is 2. The second-order valence-electron chi connectivity index (χ2n) is 23.6. The first-order chi connectivity index (χ1) is 42.3. The van der Waals surface area contributed by atoms with Crippen LogP contribution >= 0.6 is 0 Å². The molecule has 0 unspecified atom stereocenters. The predicted octanol–water partition coefficient (Wildman–Crippen LogP) is 20.7. The van der Waals surface area contributed by atoms with Gasteiger partial charge < -0.3 is 13.9 Å².